The topological polar surface area (TPSA) is 56.8 Å². The predicted molar refractivity (Wildman–Crippen MR) is 78.0 cm³/mol. The van der Waals surface area contributed by atoms with Crippen LogP contribution in [0.2, 0.25) is 0 Å². The molecule has 2 saturated carbocycles. The molecule has 3 atom stereocenters. The molecule has 0 bridgehead atoms. The maximum Gasteiger partial charge on any atom is 0.326 e. The summed E-state index contributed by atoms with van der Waals surface area (Å²) in [5, 5.41) is 3.53. The van der Waals surface area contributed by atoms with E-state index in [2.05, 4.69) is 5.32 Å². The summed E-state index contributed by atoms with van der Waals surface area (Å²) < 4.78 is 16.7. The summed E-state index contributed by atoms with van der Waals surface area (Å²) in [6.07, 6.45) is 6.12. The molecule has 3 fully saturated rings. The monoisotopic (exact) mass is 297 g/mol. The molecular formula is C16H27NO4. The molecule has 120 valence electrons. The van der Waals surface area contributed by atoms with Crippen LogP contribution in [0.4, 0.5) is 0 Å². The SMILES string of the molecule is CCOC(=O)C1(NC2CC2)CCC(OCC2CCOC2)C1. The van der Waals surface area contributed by atoms with Crippen molar-refractivity contribution in [2.75, 3.05) is 26.4 Å². The van der Waals surface area contributed by atoms with Gasteiger partial charge in [-0.3, -0.25) is 10.1 Å². The van der Waals surface area contributed by atoms with Crippen LogP contribution in [0.5, 0.6) is 0 Å². The fourth-order valence-electron chi connectivity index (χ4n) is 3.39. The highest BCUT2D eigenvalue weighted by Gasteiger charge is 2.49. The van der Waals surface area contributed by atoms with Crippen LogP contribution in [0, 0.1) is 5.92 Å². The van der Waals surface area contributed by atoms with Gasteiger partial charge in [-0.15, -0.1) is 0 Å². The minimum Gasteiger partial charge on any atom is -0.465 e. The Bertz CT molecular complexity index is 365. The van der Waals surface area contributed by atoms with Crippen molar-refractivity contribution >= 4 is 5.97 Å². The number of esters is 1. The lowest BCUT2D eigenvalue weighted by atomic mass is 9.97. The number of carbonyl (C=O) groups excluding carboxylic acids is 1. The highest BCUT2D eigenvalue weighted by atomic mass is 16.5. The van der Waals surface area contributed by atoms with Crippen molar-refractivity contribution < 1.29 is 19.0 Å². The summed E-state index contributed by atoms with van der Waals surface area (Å²) in [5.74, 6) is 0.436. The van der Waals surface area contributed by atoms with Gasteiger partial charge in [-0.1, -0.05) is 0 Å². The third kappa shape index (κ3) is 3.76. The molecule has 5 nitrogen and oxygen atoms in total. The molecule has 21 heavy (non-hydrogen) atoms. The lowest BCUT2D eigenvalue weighted by Gasteiger charge is -2.28. The molecule has 2 aliphatic carbocycles. The summed E-state index contributed by atoms with van der Waals surface area (Å²) >= 11 is 0. The highest BCUT2D eigenvalue weighted by Crippen LogP contribution is 2.37. The summed E-state index contributed by atoms with van der Waals surface area (Å²) in [7, 11) is 0. The van der Waals surface area contributed by atoms with Gasteiger partial charge in [-0.05, 0) is 39.0 Å². The van der Waals surface area contributed by atoms with E-state index in [0.717, 1.165) is 45.5 Å². The van der Waals surface area contributed by atoms with Gasteiger partial charge in [0.25, 0.3) is 0 Å². The summed E-state index contributed by atoms with van der Waals surface area (Å²) in [4.78, 5) is 12.4. The van der Waals surface area contributed by atoms with Crippen LogP contribution in [0.25, 0.3) is 0 Å². The number of carbonyl (C=O) groups is 1. The molecule has 0 aromatic carbocycles. The molecule has 1 saturated heterocycles. The van der Waals surface area contributed by atoms with Crippen molar-refractivity contribution in [2.45, 2.75) is 63.1 Å². The van der Waals surface area contributed by atoms with Crippen molar-refractivity contribution in [1.29, 1.82) is 0 Å². The van der Waals surface area contributed by atoms with Crippen molar-refractivity contribution in [1.82, 2.24) is 5.32 Å². The second-order valence-electron chi connectivity index (χ2n) is 6.65. The lowest BCUT2D eigenvalue weighted by Crippen LogP contribution is -2.52. The minimum atomic E-state index is -0.506. The summed E-state index contributed by atoms with van der Waals surface area (Å²) in [6.45, 7) is 4.74. The van der Waals surface area contributed by atoms with Crippen LogP contribution in [-0.2, 0) is 19.0 Å². The number of rotatable bonds is 7. The van der Waals surface area contributed by atoms with E-state index >= 15 is 0 Å². The fraction of sp³-hybridized carbons (Fsp3) is 0.938. The van der Waals surface area contributed by atoms with E-state index in [-0.39, 0.29) is 12.1 Å². The van der Waals surface area contributed by atoms with Gasteiger partial charge in [0.1, 0.15) is 5.54 Å². The normalized spacial score (nSPS) is 36.0. The quantitative estimate of drug-likeness (QED) is 0.724. The molecule has 3 unspecified atom stereocenters. The maximum atomic E-state index is 12.4. The van der Waals surface area contributed by atoms with Crippen molar-refractivity contribution in [2.24, 2.45) is 5.92 Å². The maximum absolute atomic E-state index is 12.4. The lowest BCUT2D eigenvalue weighted by molar-refractivity contribution is -0.151. The average Bonchev–Trinajstić information content (AvgIpc) is 2.98. The summed E-state index contributed by atoms with van der Waals surface area (Å²) in [5.41, 5.74) is -0.506. The van der Waals surface area contributed by atoms with Gasteiger partial charge in [-0.25, -0.2) is 0 Å². The van der Waals surface area contributed by atoms with Crippen molar-refractivity contribution in [3.63, 3.8) is 0 Å². The van der Waals surface area contributed by atoms with Crippen molar-refractivity contribution in [3.05, 3.63) is 0 Å². The van der Waals surface area contributed by atoms with Gasteiger partial charge in [0, 0.05) is 25.0 Å². The smallest absolute Gasteiger partial charge is 0.326 e. The number of hydrogen-bond acceptors (Lipinski definition) is 5. The standard InChI is InChI=1S/C16H27NO4/c1-2-20-15(18)16(17-13-3-4-13)7-5-14(9-16)21-11-12-6-8-19-10-12/h12-14,17H,2-11H2,1H3. The second kappa shape index (κ2) is 6.63. The number of ether oxygens (including phenoxy) is 3. The van der Waals surface area contributed by atoms with Crippen LogP contribution in [0.15, 0.2) is 0 Å². The van der Waals surface area contributed by atoms with Crippen LogP contribution >= 0.6 is 0 Å². The Hall–Kier alpha value is -0.650. The minimum absolute atomic E-state index is 0.0906. The molecule has 1 N–H and O–H groups in total. The molecule has 5 heteroatoms. The zero-order chi connectivity index (χ0) is 14.7. The molecule has 1 heterocycles. The average molecular weight is 297 g/mol. The molecule has 3 aliphatic rings. The van der Waals surface area contributed by atoms with Gasteiger partial charge in [0.2, 0.25) is 0 Å². The first-order chi connectivity index (χ1) is 10.2. The van der Waals surface area contributed by atoms with Crippen LogP contribution in [-0.4, -0.2) is 50.1 Å². The molecule has 0 amide bonds. The van der Waals surface area contributed by atoms with E-state index < -0.39 is 5.54 Å². The Kier molecular flexibility index (Phi) is 4.82. The van der Waals surface area contributed by atoms with E-state index in [9.17, 15) is 4.79 Å². The Morgan fingerprint density at radius 2 is 2.19 bits per heavy atom. The molecule has 0 aromatic rings. The molecule has 1 aliphatic heterocycles. The Morgan fingerprint density at radius 1 is 1.33 bits per heavy atom. The Labute approximate surface area is 126 Å². The third-order valence-electron chi connectivity index (χ3n) is 4.78. The Morgan fingerprint density at radius 3 is 2.86 bits per heavy atom. The van der Waals surface area contributed by atoms with E-state index in [1.807, 2.05) is 6.92 Å². The first kappa shape index (κ1) is 15.3. The summed E-state index contributed by atoms with van der Waals surface area (Å²) in [6, 6.07) is 0.497. The zero-order valence-corrected chi connectivity index (χ0v) is 12.9. The van der Waals surface area contributed by atoms with Gasteiger partial charge >= 0.3 is 5.97 Å². The van der Waals surface area contributed by atoms with Crippen LogP contribution < -0.4 is 5.32 Å². The van der Waals surface area contributed by atoms with Gasteiger partial charge in [0.05, 0.1) is 25.9 Å². The molecule has 0 aromatic heterocycles. The molecule has 0 radical (unpaired) electrons. The van der Waals surface area contributed by atoms with E-state index in [1.54, 1.807) is 0 Å². The van der Waals surface area contributed by atoms with E-state index in [0.29, 0.717) is 18.6 Å². The van der Waals surface area contributed by atoms with E-state index in [1.165, 1.54) is 12.8 Å². The third-order valence-corrected chi connectivity index (χ3v) is 4.78. The first-order valence-corrected chi connectivity index (χ1v) is 8.36. The van der Waals surface area contributed by atoms with Gasteiger partial charge < -0.3 is 14.2 Å². The van der Waals surface area contributed by atoms with E-state index in [4.69, 9.17) is 14.2 Å². The van der Waals surface area contributed by atoms with Crippen molar-refractivity contribution in [3.8, 4) is 0 Å². The number of hydrogen-bond donors (Lipinski definition) is 1. The first-order valence-electron chi connectivity index (χ1n) is 8.36. The second-order valence-corrected chi connectivity index (χ2v) is 6.65. The Balaban J connectivity index is 1.53. The molecular weight excluding hydrogens is 270 g/mol. The van der Waals surface area contributed by atoms with Gasteiger partial charge in [-0.2, -0.15) is 0 Å². The molecule has 0 spiro atoms. The zero-order valence-electron chi connectivity index (χ0n) is 12.9. The number of nitrogens with one attached hydrogen (secondary N) is 1. The largest absolute Gasteiger partial charge is 0.465 e. The van der Waals surface area contributed by atoms with Gasteiger partial charge in [0.15, 0.2) is 0 Å². The highest BCUT2D eigenvalue weighted by molar-refractivity contribution is 5.81. The molecule has 3 rings (SSSR count). The predicted octanol–water partition coefficient (Wildman–Crippen LogP) is 1.65. The fourth-order valence-corrected chi connectivity index (χ4v) is 3.39. The van der Waals surface area contributed by atoms with Crippen LogP contribution in [0.3, 0.4) is 0 Å². The van der Waals surface area contributed by atoms with Crippen LogP contribution in [0.1, 0.15) is 45.4 Å².